The number of para-hydroxylation sites is 1. The van der Waals surface area contributed by atoms with Crippen LogP contribution in [0.2, 0.25) is 0 Å². The van der Waals surface area contributed by atoms with Gasteiger partial charge in [0.25, 0.3) is 0 Å². The molecule has 0 fully saturated rings. The van der Waals surface area contributed by atoms with Crippen molar-refractivity contribution >= 4 is 10.9 Å². The highest BCUT2D eigenvalue weighted by atomic mass is 16.5. The molecule has 1 N–H and O–H groups in total. The first-order valence-corrected chi connectivity index (χ1v) is 11.0. The van der Waals surface area contributed by atoms with Crippen LogP contribution in [0.15, 0.2) is 78.9 Å². The van der Waals surface area contributed by atoms with Crippen LogP contribution in [-0.4, -0.2) is 32.7 Å². The number of benzene rings is 3. The van der Waals surface area contributed by atoms with Gasteiger partial charge in [0, 0.05) is 5.39 Å². The number of aromatic amines is 1. The average Bonchev–Trinajstić information content (AvgIpc) is 3.44. The Morgan fingerprint density at radius 1 is 0.743 bits per heavy atom. The van der Waals surface area contributed by atoms with Gasteiger partial charge in [-0.05, 0) is 64.5 Å². The number of hydrogen-bond acceptors (Lipinski definition) is 8. The molecule has 0 amide bonds. The Labute approximate surface area is 201 Å². The molecule has 0 radical (unpaired) electrons. The fourth-order valence-corrected chi connectivity index (χ4v) is 3.45. The van der Waals surface area contributed by atoms with E-state index in [2.05, 4.69) is 31.7 Å². The summed E-state index contributed by atoms with van der Waals surface area (Å²) in [5.74, 6) is 3.20. The van der Waals surface area contributed by atoms with Crippen molar-refractivity contribution in [2.75, 3.05) is 7.11 Å². The number of nitrogens with zero attached hydrogens (tertiary/aromatic N) is 4. The Morgan fingerprint density at radius 2 is 1.54 bits per heavy atom. The molecular weight excluding hydrogens is 446 g/mol. The summed E-state index contributed by atoms with van der Waals surface area (Å²) < 4.78 is 23.0. The average molecular weight is 470 g/mol. The van der Waals surface area contributed by atoms with Crippen molar-refractivity contribution in [3.63, 3.8) is 0 Å². The first-order chi connectivity index (χ1) is 17.3. The molecule has 5 rings (SSSR count). The molecule has 0 saturated carbocycles. The first-order valence-electron chi connectivity index (χ1n) is 11.0. The molecule has 0 spiro atoms. The van der Waals surface area contributed by atoms with Gasteiger partial charge in [0.15, 0.2) is 17.3 Å². The summed E-state index contributed by atoms with van der Waals surface area (Å²) in [6.45, 7) is 0.987. The Morgan fingerprint density at radius 3 is 2.31 bits per heavy atom. The molecule has 35 heavy (non-hydrogen) atoms. The van der Waals surface area contributed by atoms with E-state index in [1.54, 1.807) is 7.11 Å². The predicted octanol–water partition coefficient (Wildman–Crippen LogP) is 4.49. The Bertz CT molecular complexity index is 1390. The van der Waals surface area contributed by atoms with Crippen LogP contribution in [0.4, 0.5) is 0 Å². The minimum absolute atomic E-state index is 0.213. The monoisotopic (exact) mass is 469 g/mol. The van der Waals surface area contributed by atoms with Crippen LogP contribution in [0.25, 0.3) is 10.9 Å². The highest BCUT2D eigenvalue weighted by molar-refractivity contribution is 5.78. The van der Waals surface area contributed by atoms with Gasteiger partial charge in [0.1, 0.15) is 31.3 Å². The zero-order valence-corrected chi connectivity index (χ0v) is 19.0. The van der Waals surface area contributed by atoms with Gasteiger partial charge in [-0.25, -0.2) is 10.1 Å². The second-order valence-corrected chi connectivity index (χ2v) is 7.67. The second-order valence-electron chi connectivity index (χ2n) is 7.67. The van der Waals surface area contributed by atoms with Crippen LogP contribution in [0.3, 0.4) is 0 Å². The van der Waals surface area contributed by atoms with E-state index in [9.17, 15) is 0 Å². The number of rotatable bonds is 10. The molecule has 0 bridgehead atoms. The Hall–Kier alpha value is -4.66. The summed E-state index contributed by atoms with van der Waals surface area (Å²) in [4.78, 5) is 4.64. The number of hydrogen-bond donors (Lipinski definition) is 1. The van der Waals surface area contributed by atoms with Gasteiger partial charge >= 0.3 is 0 Å². The minimum Gasteiger partial charge on any atom is -0.493 e. The van der Waals surface area contributed by atoms with E-state index in [0.29, 0.717) is 30.5 Å². The van der Waals surface area contributed by atoms with E-state index in [-0.39, 0.29) is 6.61 Å². The number of methoxy groups -OCH3 is 1. The van der Waals surface area contributed by atoms with Crippen LogP contribution in [0.1, 0.15) is 17.1 Å². The van der Waals surface area contributed by atoms with E-state index in [1.165, 1.54) is 0 Å². The molecule has 176 valence electrons. The van der Waals surface area contributed by atoms with Crippen molar-refractivity contribution in [2.24, 2.45) is 0 Å². The molecule has 2 heterocycles. The second kappa shape index (κ2) is 10.5. The number of nitrogens with one attached hydrogen (secondary N) is 1. The van der Waals surface area contributed by atoms with E-state index >= 15 is 0 Å². The number of aromatic nitrogens is 5. The largest absolute Gasteiger partial charge is 0.493 e. The molecular formula is C26H23N5O4. The molecule has 0 aliphatic heterocycles. The van der Waals surface area contributed by atoms with Crippen molar-refractivity contribution in [1.82, 2.24) is 25.6 Å². The minimum atomic E-state index is 0.213. The SMILES string of the molecule is COc1cc(COc2ccc(OCc3ccc4ccccc4n3)cc2)ccc1OCc1nnn[nH]1. The number of fused-ring (bicyclic) bond motifs is 1. The first kappa shape index (κ1) is 22.1. The Kier molecular flexibility index (Phi) is 6.65. The predicted molar refractivity (Wildman–Crippen MR) is 128 cm³/mol. The maximum atomic E-state index is 5.92. The summed E-state index contributed by atoms with van der Waals surface area (Å²) in [5.41, 5.74) is 2.78. The fraction of sp³-hybridized carbons (Fsp3) is 0.154. The van der Waals surface area contributed by atoms with E-state index in [4.69, 9.17) is 18.9 Å². The van der Waals surface area contributed by atoms with Gasteiger partial charge in [0.05, 0.1) is 18.3 Å². The van der Waals surface area contributed by atoms with E-state index in [0.717, 1.165) is 33.7 Å². The van der Waals surface area contributed by atoms with Crippen molar-refractivity contribution in [3.05, 3.63) is 95.9 Å². The molecule has 0 unspecified atom stereocenters. The molecule has 0 aliphatic rings. The standard InChI is InChI=1S/C26H23N5O4/c1-32-25-14-18(6-13-24(25)35-17-26-28-30-31-29-26)15-33-21-9-11-22(12-10-21)34-16-20-8-7-19-4-2-3-5-23(19)27-20/h2-14H,15-17H2,1H3,(H,28,29,30,31). The number of H-pyrrole nitrogens is 1. The van der Waals surface area contributed by atoms with Crippen molar-refractivity contribution < 1.29 is 18.9 Å². The molecule has 2 aromatic heterocycles. The highest BCUT2D eigenvalue weighted by Crippen LogP contribution is 2.29. The zero-order chi connectivity index (χ0) is 23.9. The highest BCUT2D eigenvalue weighted by Gasteiger charge is 2.08. The summed E-state index contributed by atoms with van der Waals surface area (Å²) in [6.07, 6.45) is 0. The van der Waals surface area contributed by atoms with Crippen molar-refractivity contribution in [1.29, 1.82) is 0 Å². The Balaban J connectivity index is 1.14. The molecule has 0 aliphatic carbocycles. The number of ether oxygens (including phenoxy) is 4. The van der Waals surface area contributed by atoms with Crippen LogP contribution >= 0.6 is 0 Å². The summed E-state index contributed by atoms with van der Waals surface area (Å²) in [7, 11) is 1.59. The number of pyridine rings is 1. The third-order valence-electron chi connectivity index (χ3n) is 5.25. The van der Waals surface area contributed by atoms with Gasteiger partial charge in [-0.3, -0.25) is 0 Å². The fourth-order valence-electron chi connectivity index (χ4n) is 3.45. The lowest BCUT2D eigenvalue weighted by molar-refractivity contribution is 0.274. The quantitative estimate of drug-likeness (QED) is 0.319. The summed E-state index contributed by atoms with van der Waals surface area (Å²) in [5, 5.41) is 14.6. The van der Waals surface area contributed by atoms with Gasteiger partial charge < -0.3 is 18.9 Å². The van der Waals surface area contributed by atoms with Gasteiger partial charge in [-0.15, -0.1) is 5.10 Å². The lowest BCUT2D eigenvalue weighted by Crippen LogP contribution is -2.01. The zero-order valence-electron chi connectivity index (χ0n) is 19.0. The van der Waals surface area contributed by atoms with Gasteiger partial charge in [0.2, 0.25) is 0 Å². The van der Waals surface area contributed by atoms with Crippen LogP contribution in [0.5, 0.6) is 23.0 Å². The molecule has 5 aromatic rings. The van der Waals surface area contributed by atoms with Crippen molar-refractivity contribution in [3.8, 4) is 23.0 Å². The summed E-state index contributed by atoms with van der Waals surface area (Å²) >= 11 is 0. The third-order valence-corrected chi connectivity index (χ3v) is 5.25. The lowest BCUT2D eigenvalue weighted by Gasteiger charge is -2.12. The topological polar surface area (TPSA) is 104 Å². The van der Waals surface area contributed by atoms with Crippen LogP contribution in [0, 0.1) is 0 Å². The van der Waals surface area contributed by atoms with E-state index in [1.807, 2.05) is 72.8 Å². The molecule has 3 aromatic carbocycles. The normalized spacial score (nSPS) is 10.8. The third kappa shape index (κ3) is 5.64. The van der Waals surface area contributed by atoms with Gasteiger partial charge in [-0.2, -0.15) is 0 Å². The maximum Gasteiger partial charge on any atom is 0.186 e. The van der Waals surface area contributed by atoms with E-state index < -0.39 is 0 Å². The smallest absolute Gasteiger partial charge is 0.186 e. The molecule has 9 nitrogen and oxygen atoms in total. The lowest BCUT2D eigenvalue weighted by atomic mass is 10.2. The maximum absolute atomic E-state index is 5.92. The molecule has 9 heteroatoms. The van der Waals surface area contributed by atoms with Crippen LogP contribution < -0.4 is 18.9 Å². The van der Waals surface area contributed by atoms with Crippen LogP contribution in [-0.2, 0) is 19.8 Å². The van der Waals surface area contributed by atoms with Crippen molar-refractivity contribution in [2.45, 2.75) is 19.8 Å². The molecule has 0 atom stereocenters. The summed E-state index contributed by atoms with van der Waals surface area (Å²) in [6, 6.07) is 25.2. The number of tetrazole rings is 1. The molecule has 0 saturated heterocycles. The van der Waals surface area contributed by atoms with Gasteiger partial charge in [-0.1, -0.05) is 30.3 Å².